The zero-order valence-corrected chi connectivity index (χ0v) is 21.8. The maximum atomic E-state index is 12.6. The molecule has 3 aromatic carbocycles. The third-order valence-electron chi connectivity index (χ3n) is 5.17. The van der Waals surface area contributed by atoms with Crippen LogP contribution in [0.4, 0.5) is 10.7 Å². The van der Waals surface area contributed by atoms with Gasteiger partial charge in [-0.3, -0.25) is 10.1 Å². The van der Waals surface area contributed by atoms with Crippen LogP contribution in [0.3, 0.4) is 0 Å². The monoisotopic (exact) mass is 568 g/mol. The lowest BCUT2D eigenvalue weighted by Gasteiger charge is -2.13. The highest BCUT2D eigenvalue weighted by molar-refractivity contribution is 9.10. The fourth-order valence-corrected chi connectivity index (χ4v) is 5.09. The molecule has 0 saturated carbocycles. The summed E-state index contributed by atoms with van der Waals surface area (Å²) in [6, 6.07) is 17.4. The zero-order chi connectivity index (χ0) is 25.7. The van der Waals surface area contributed by atoms with Gasteiger partial charge in [0.05, 0.1) is 23.1 Å². The molecule has 184 valence electrons. The third-order valence-corrected chi connectivity index (χ3v) is 6.84. The van der Waals surface area contributed by atoms with E-state index in [0.717, 1.165) is 21.2 Å². The van der Waals surface area contributed by atoms with E-state index in [1.54, 1.807) is 31.3 Å². The van der Waals surface area contributed by atoms with Crippen molar-refractivity contribution < 1.29 is 23.9 Å². The Kier molecular flexibility index (Phi) is 7.97. The quantitative estimate of drug-likeness (QED) is 0.0924. The fourth-order valence-electron chi connectivity index (χ4n) is 3.48. The largest absolute Gasteiger partial charge is 0.493 e. The maximum absolute atomic E-state index is 12.6. The minimum Gasteiger partial charge on any atom is -0.493 e. The summed E-state index contributed by atoms with van der Waals surface area (Å²) in [4.78, 5) is 27.6. The van der Waals surface area contributed by atoms with Crippen LogP contribution in [0, 0.1) is 10.1 Å². The van der Waals surface area contributed by atoms with E-state index >= 15 is 0 Å². The fraction of sp³-hybridized carbons (Fsp3) is 0.154. The molecule has 0 amide bonds. The second-order valence-corrected chi connectivity index (χ2v) is 9.39. The van der Waals surface area contributed by atoms with Crippen molar-refractivity contribution in [1.82, 2.24) is 0 Å². The number of carbonyl (C=O) groups excluding carboxylic acids is 1. The molecule has 0 radical (unpaired) electrons. The van der Waals surface area contributed by atoms with Gasteiger partial charge in [0.25, 0.3) is 5.69 Å². The normalized spacial score (nSPS) is 11.1. The van der Waals surface area contributed by atoms with Crippen LogP contribution in [0.2, 0.25) is 0 Å². The smallest absolute Gasteiger partial charge is 0.341 e. The molecule has 0 unspecified atom stereocenters. The number of nitro benzene ring substituents is 1. The predicted octanol–water partition coefficient (Wildman–Crippen LogP) is 7.09. The van der Waals surface area contributed by atoms with E-state index in [4.69, 9.17) is 14.2 Å². The topological polar surface area (TPSA) is 100 Å². The van der Waals surface area contributed by atoms with Gasteiger partial charge in [0.2, 0.25) is 0 Å². The highest BCUT2D eigenvalue weighted by Gasteiger charge is 2.20. The van der Waals surface area contributed by atoms with Gasteiger partial charge >= 0.3 is 5.97 Å². The number of thiophene rings is 1. The van der Waals surface area contributed by atoms with Crippen LogP contribution in [0.1, 0.15) is 28.4 Å². The minimum absolute atomic E-state index is 0.0194. The highest BCUT2D eigenvalue weighted by Crippen LogP contribution is 2.39. The molecule has 0 aliphatic heterocycles. The molecule has 0 atom stereocenters. The standard InChI is InChI=1S/C26H21BrN2O6S/c1-3-34-26(30)23-19-6-4-5-7-22(19)36-25(23)28-14-17-12-20(27)24(21(13-17)33-2)35-15-16-8-10-18(11-9-16)29(31)32/h4-14H,3,15H2,1-2H3. The lowest BCUT2D eigenvalue weighted by Crippen LogP contribution is -2.04. The molecule has 0 N–H and O–H groups in total. The highest BCUT2D eigenvalue weighted by atomic mass is 79.9. The van der Waals surface area contributed by atoms with Crippen molar-refractivity contribution in [1.29, 1.82) is 0 Å². The molecule has 0 aliphatic carbocycles. The Morgan fingerprint density at radius 3 is 2.61 bits per heavy atom. The summed E-state index contributed by atoms with van der Waals surface area (Å²) < 4.78 is 18.3. The van der Waals surface area contributed by atoms with Crippen molar-refractivity contribution in [2.75, 3.05) is 13.7 Å². The van der Waals surface area contributed by atoms with Gasteiger partial charge in [-0.25, -0.2) is 9.79 Å². The Balaban J connectivity index is 1.59. The van der Waals surface area contributed by atoms with Crippen LogP contribution in [-0.4, -0.2) is 30.8 Å². The van der Waals surface area contributed by atoms with Gasteiger partial charge in [-0.1, -0.05) is 18.2 Å². The average molecular weight is 569 g/mol. The first kappa shape index (κ1) is 25.3. The van der Waals surface area contributed by atoms with E-state index in [1.807, 2.05) is 30.3 Å². The number of non-ortho nitro benzene ring substituents is 1. The van der Waals surface area contributed by atoms with Crippen molar-refractivity contribution in [3.05, 3.63) is 91.9 Å². The van der Waals surface area contributed by atoms with Crippen LogP contribution in [0.5, 0.6) is 11.5 Å². The van der Waals surface area contributed by atoms with E-state index < -0.39 is 10.9 Å². The summed E-state index contributed by atoms with van der Waals surface area (Å²) in [6.07, 6.45) is 1.65. The van der Waals surface area contributed by atoms with Crippen LogP contribution < -0.4 is 9.47 Å². The number of aliphatic imine (C=N–C) groups is 1. The zero-order valence-electron chi connectivity index (χ0n) is 19.4. The number of nitrogens with zero attached hydrogens (tertiary/aromatic N) is 2. The molecule has 1 aromatic heterocycles. The first-order valence-corrected chi connectivity index (χ1v) is 12.5. The van der Waals surface area contributed by atoms with Gasteiger partial charge < -0.3 is 14.2 Å². The summed E-state index contributed by atoms with van der Waals surface area (Å²) in [7, 11) is 1.53. The first-order chi connectivity index (χ1) is 17.4. The van der Waals surface area contributed by atoms with Crippen molar-refractivity contribution in [3.8, 4) is 11.5 Å². The Morgan fingerprint density at radius 2 is 1.92 bits per heavy atom. The van der Waals surface area contributed by atoms with Crippen LogP contribution >= 0.6 is 27.3 Å². The van der Waals surface area contributed by atoms with Crippen molar-refractivity contribution in [2.24, 2.45) is 4.99 Å². The molecule has 0 fully saturated rings. The lowest BCUT2D eigenvalue weighted by molar-refractivity contribution is -0.384. The van der Waals surface area contributed by atoms with Crippen molar-refractivity contribution in [3.63, 3.8) is 0 Å². The molecule has 8 nitrogen and oxygen atoms in total. The Hall–Kier alpha value is -3.76. The van der Waals surface area contributed by atoms with Gasteiger partial charge in [-0.2, -0.15) is 0 Å². The summed E-state index contributed by atoms with van der Waals surface area (Å²) in [5, 5.41) is 12.2. The molecule has 4 rings (SSSR count). The van der Waals surface area contributed by atoms with E-state index in [2.05, 4.69) is 20.9 Å². The van der Waals surface area contributed by atoms with Gasteiger partial charge in [-0.05, 0) is 64.3 Å². The van der Waals surface area contributed by atoms with Crippen LogP contribution in [-0.2, 0) is 11.3 Å². The number of rotatable bonds is 9. The van der Waals surface area contributed by atoms with Gasteiger partial charge in [0.1, 0.15) is 17.2 Å². The van der Waals surface area contributed by atoms with Crippen LogP contribution in [0.25, 0.3) is 10.1 Å². The van der Waals surface area contributed by atoms with E-state index in [9.17, 15) is 14.9 Å². The number of nitro groups is 1. The summed E-state index contributed by atoms with van der Waals surface area (Å²) in [5.41, 5.74) is 1.97. The van der Waals surface area contributed by atoms with E-state index in [0.29, 0.717) is 26.5 Å². The van der Waals surface area contributed by atoms with Crippen molar-refractivity contribution in [2.45, 2.75) is 13.5 Å². The first-order valence-electron chi connectivity index (χ1n) is 10.9. The SMILES string of the molecule is CCOC(=O)c1c(N=Cc2cc(Br)c(OCc3ccc([N+](=O)[O-])cc3)c(OC)c2)sc2ccccc12. The number of ether oxygens (including phenoxy) is 3. The molecule has 0 spiro atoms. The molecule has 0 bridgehead atoms. The number of hydrogen-bond acceptors (Lipinski definition) is 8. The molecular weight excluding hydrogens is 548 g/mol. The molecule has 10 heteroatoms. The number of carbonyl (C=O) groups is 1. The van der Waals surface area contributed by atoms with Gasteiger partial charge in [0.15, 0.2) is 11.5 Å². The number of halogens is 1. The molecule has 36 heavy (non-hydrogen) atoms. The average Bonchev–Trinajstić information content (AvgIpc) is 3.25. The molecule has 0 saturated heterocycles. The number of methoxy groups -OCH3 is 1. The molecule has 0 aliphatic rings. The second kappa shape index (κ2) is 11.3. The second-order valence-electron chi connectivity index (χ2n) is 7.50. The van der Waals surface area contributed by atoms with Crippen molar-refractivity contribution >= 4 is 60.2 Å². The van der Waals surface area contributed by atoms with E-state index in [1.165, 1.54) is 30.6 Å². The van der Waals surface area contributed by atoms with Gasteiger partial charge in [-0.15, -0.1) is 11.3 Å². The lowest BCUT2D eigenvalue weighted by atomic mass is 10.1. The molecule has 4 aromatic rings. The molecule has 1 heterocycles. The number of esters is 1. The number of fused-ring (bicyclic) bond motifs is 1. The molecular formula is C26H21BrN2O6S. The predicted molar refractivity (Wildman–Crippen MR) is 143 cm³/mol. The van der Waals surface area contributed by atoms with Crippen LogP contribution in [0.15, 0.2) is 70.1 Å². The Morgan fingerprint density at radius 1 is 1.17 bits per heavy atom. The third kappa shape index (κ3) is 5.55. The van der Waals surface area contributed by atoms with E-state index in [-0.39, 0.29) is 18.9 Å². The summed E-state index contributed by atoms with van der Waals surface area (Å²) in [5.74, 6) is 0.563. The summed E-state index contributed by atoms with van der Waals surface area (Å²) in [6.45, 7) is 2.24. The Bertz CT molecular complexity index is 1450. The van der Waals surface area contributed by atoms with Gasteiger partial charge in [0, 0.05) is 28.4 Å². The summed E-state index contributed by atoms with van der Waals surface area (Å²) >= 11 is 4.94. The Labute approximate surface area is 219 Å². The minimum atomic E-state index is -0.445. The number of hydrogen-bond donors (Lipinski definition) is 0. The maximum Gasteiger partial charge on any atom is 0.341 e. The number of benzene rings is 3.